The Balaban J connectivity index is 0.948. The molecule has 1 aromatic heterocycles. The number of benzene rings is 2. The van der Waals surface area contributed by atoms with Crippen molar-refractivity contribution in [3.05, 3.63) is 58.6 Å². The van der Waals surface area contributed by atoms with Gasteiger partial charge in [-0.1, -0.05) is 66.6 Å². The molecule has 1 aliphatic heterocycles. The lowest BCUT2D eigenvalue weighted by Crippen LogP contribution is -2.34. The molecule has 0 radical (unpaired) electrons. The highest BCUT2D eigenvalue weighted by Gasteiger charge is 2.32. The Kier molecular flexibility index (Phi) is 7.07. The van der Waals surface area contributed by atoms with Crippen LogP contribution in [-0.2, 0) is 13.0 Å². The fraction of sp³-hybridized carbons (Fsp3) is 0.533. The maximum Gasteiger partial charge on any atom is 0.273 e. The van der Waals surface area contributed by atoms with Gasteiger partial charge in [0.2, 0.25) is 0 Å². The Morgan fingerprint density at radius 3 is 2.67 bits per heavy atom. The Bertz CT molecular complexity index is 1210. The summed E-state index contributed by atoms with van der Waals surface area (Å²) < 4.78 is 18.9. The molecule has 36 heavy (non-hydrogen) atoms. The van der Waals surface area contributed by atoms with Crippen molar-refractivity contribution in [2.45, 2.75) is 76.6 Å². The summed E-state index contributed by atoms with van der Waals surface area (Å²) in [6.07, 6.45) is 8.08. The maximum absolute atomic E-state index is 13.1. The van der Waals surface area contributed by atoms with Gasteiger partial charge >= 0.3 is 0 Å². The van der Waals surface area contributed by atoms with E-state index in [0.29, 0.717) is 31.0 Å². The van der Waals surface area contributed by atoms with Crippen LogP contribution in [0.5, 0.6) is 5.19 Å². The van der Waals surface area contributed by atoms with Crippen LogP contribution in [0.15, 0.2) is 42.5 Å². The molecule has 2 saturated carbocycles. The lowest BCUT2D eigenvalue weighted by Gasteiger charge is -2.31. The van der Waals surface area contributed by atoms with Gasteiger partial charge in [0, 0.05) is 42.8 Å². The van der Waals surface area contributed by atoms with Crippen LogP contribution in [0.2, 0.25) is 0 Å². The summed E-state index contributed by atoms with van der Waals surface area (Å²) in [6.45, 7) is 3.10. The van der Waals surface area contributed by atoms with Gasteiger partial charge in [-0.05, 0) is 54.8 Å². The lowest BCUT2D eigenvalue weighted by atomic mass is 9.78. The molecule has 0 N–H and O–H groups in total. The minimum Gasteiger partial charge on any atom is -0.466 e. The zero-order chi connectivity index (χ0) is 24.5. The van der Waals surface area contributed by atoms with E-state index in [9.17, 15) is 9.18 Å². The van der Waals surface area contributed by atoms with Gasteiger partial charge < -0.3 is 4.74 Å². The molecule has 0 saturated heterocycles. The summed E-state index contributed by atoms with van der Waals surface area (Å²) in [5.74, 6) is 1.58. The van der Waals surface area contributed by atoms with Crippen molar-refractivity contribution in [1.29, 1.82) is 0 Å². The van der Waals surface area contributed by atoms with Gasteiger partial charge in [-0.3, -0.25) is 9.69 Å². The SMILES string of the molecule is O=C(CC1CCC(CCN2CCc3sc(OC4CC(F)C4)nc3C2)CC1)c1cccc2ccccc12. The zero-order valence-corrected chi connectivity index (χ0v) is 21.6. The molecule has 6 rings (SSSR count). The van der Waals surface area contributed by atoms with Crippen molar-refractivity contribution >= 4 is 27.9 Å². The average Bonchev–Trinajstić information content (AvgIpc) is 3.29. The van der Waals surface area contributed by atoms with E-state index in [4.69, 9.17) is 9.72 Å². The van der Waals surface area contributed by atoms with Crippen LogP contribution in [-0.4, -0.2) is 41.0 Å². The van der Waals surface area contributed by atoms with Crippen LogP contribution >= 0.6 is 11.3 Å². The minimum absolute atomic E-state index is 0.0150. The van der Waals surface area contributed by atoms with Gasteiger partial charge in [0.1, 0.15) is 12.3 Å². The van der Waals surface area contributed by atoms with Crippen LogP contribution in [0.1, 0.15) is 72.3 Å². The molecule has 190 valence electrons. The minimum atomic E-state index is -0.695. The topological polar surface area (TPSA) is 42.4 Å². The third-order valence-corrected chi connectivity index (χ3v) is 9.52. The fourth-order valence-corrected chi connectivity index (χ4v) is 7.11. The first-order valence-electron chi connectivity index (χ1n) is 13.6. The number of thiazole rings is 1. The van der Waals surface area contributed by atoms with E-state index in [1.54, 1.807) is 11.3 Å². The molecule has 0 atom stereocenters. The average molecular weight is 507 g/mol. The molecule has 0 bridgehead atoms. The summed E-state index contributed by atoms with van der Waals surface area (Å²) in [7, 11) is 0. The first kappa shape index (κ1) is 24.1. The third kappa shape index (κ3) is 5.35. The van der Waals surface area contributed by atoms with E-state index in [1.165, 1.54) is 37.0 Å². The van der Waals surface area contributed by atoms with Gasteiger partial charge in [-0.15, -0.1) is 0 Å². The van der Waals surface area contributed by atoms with Gasteiger partial charge in [0.25, 0.3) is 5.19 Å². The van der Waals surface area contributed by atoms with Gasteiger partial charge in [0.05, 0.1) is 5.69 Å². The van der Waals surface area contributed by atoms with Crippen molar-refractivity contribution in [2.75, 3.05) is 13.1 Å². The molecule has 2 aliphatic carbocycles. The van der Waals surface area contributed by atoms with Crippen molar-refractivity contribution in [2.24, 2.45) is 11.8 Å². The summed E-state index contributed by atoms with van der Waals surface area (Å²) >= 11 is 1.66. The number of ether oxygens (including phenoxy) is 1. The number of carbonyl (C=O) groups excluding carboxylic acids is 1. The quantitative estimate of drug-likeness (QED) is 0.308. The molecule has 2 heterocycles. The van der Waals surface area contributed by atoms with E-state index < -0.39 is 6.17 Å². The number of hydrogen-bond acceptors (Lipinski definition) is 5. The smallest absolute Gasteiger partial charge is 0.273 e. The predicted molar refractivity (Wildman–Crippen MR) is 143 cm³/mol. The first-order valence-corrected chi connectivity index (χ1v) is 14.4. The van der Waals surface area contributed by atoms with E-state index >= 15 is 0 Å². The highest BCUT2D eigenvalue weighted by Crippen LogP contribution is 2.36. The molecule has 4 nitrogen and oxygen atoms in total. The number of hydrogen-bond donors (Lipinski definition) is 0. The maximum atomic E-state index is 13.1. The first-order chi connectivity index (χ1) is 17.6. The van der Waals surface area contributed by atoms with Crippen LogP contribution in [0.3, 0.4) is 0 Å². The van der Waals surface area contributed by atoms with Crippen LogP contribution < -0.4 is 4.74 Å². The monoisotopic (exact) mass is 506 g/mol. The highest BCUT2D eigenvalue weighted by molar-refractivity contribution is 7.13. The van der Waals surface area contributed by atoms with Crippen molar-refractivity contribution in [1.82, 2.24) is 9.88 Å². The van der Waals surface area contributed by atoms with Crippen molar-refractivity contribution < 1.29 is 13.9 Å². The van der Waals surface area contributed by atoms with Gasteiger partial charge in [0.15, 0.2) is 5.78 Å². The molecule has 3 aromatic rings. The predicted octanol–water partition coefficient (Wildman–Crippen LogP) is 7.00. The molecule has 0 amide bonds. The summed E-state index contributed by atoms with van der Waals surface area (Å²) in [4.78, 5) is 21.7. The van der Waals surface area contributed by atoms with Crippen molar-refractivity contribution in [3.63, 3.8) is 0 Å². The molecule has 2 aromatic carbocycles. The number of nitrogens with zero attached hydrogens (tertiary/aromatic N) is 2. The Labute approximate surface area is 216 Å². The van der Waals surface area contributed by atoms with E-state index in [1.807, 2.05) is 24.3 Å². The second-order valence-electron chi connectivity index (χ2n) is 11.0. The zero-order valence-electron chi connectivity index (χ0n) is 20.8. The number of fused-ring (bicyclic) bond motifs is 2. The van der Waals surface area contributed by atoms with Gasteiger partial charge in [-0.25, -0.2) is 9.37 Å². The third-order valence-electron chi connectivity index (χ3n) is 8.48. The summed E-state index contributed by atoms with van der Waals surface area (Å²) in [5, 5.41) is 2.96. The Morgan fingerprint density at radius 1 is 1.06 bits per heavy atom. The van der Waals surface area contributed by atoms with E-state index in [2.05, 4.69) is 23.1 Å². The molecular weight excluding hydrogens is 471 g/mol. The number of rotatable bonds is 8. The highest BCUT2D eigenvalue weighted by atomic mass is 32.1. The summed E-state index contributed by atoms with van der Waals surface area (Å²) in [6, 6.07) is 14.3. The summed E-state index contributed by atoms with van der Waals surface area (Å²) in [5.41, 5.74) is 2.04. The number of aromatic nitrogens is 1. The molecule has 0 spiro atoms. The van der Waals surface area contributed by atoms with Crippen LogP contribution in [0.4, 0.5) is 4.39 Å². The molecular formula is C30H35FN2O2S. The van der Waals surface area contributed by atoms with E-state index in [-0.39, 0.29) is 6.10 Å². The number of carbonyl (C=O) groups is 1. The normalized spacial score (nSPS) is 26.4. The molecule has 6 heteroatoms. The Morgan fingerprint density at radius 2 is 1.83 bits per heavy atom. The van der Waals surface area contributed by atoms with Crippen molar-refractivity contribution in [3.8, 4) is 5.19 Å². The van der Waals surface area contributed by atoms with E-state index in [0.717, 1.165) is 59.2 Å². The second-order valence-corrected chi connectivity index (χ2v) is 12.1. The number of halogens is 1. The number of alkyl halides is 1. The molecule has 0 unspecified atom stereocenters. The number of Topliss-reactive ketones (excluding diaryl/α,β-unsaturated/α-hetero) is 1. The van der Waals surface area contributed by atoms with Gasteiger partial charge in [-0.2, -0.15) is 0 Å². The van der Waals surface area contributed by atoms with Crippen LogP contribution in [0, 0.1) is 11.8 Å². The standard InChI is InChI=1S/C30H35FN2O2S/c31-23-17-24(18-23)35-30-32-27-19-33(15-13-29(27)36-30)14-12-20-8-10-21(11-9-20)16-28(34)26-7-3-5-22-4-1-2-6-25(22)26/h1-7,20-21,23-24H,8-19H2. The van der Waals surface area contributed by atoms with Crippen LogP contribution in [0.25, 0.3) is 10.8 Å². The lowest BCUT2D eigenvalue weighted by molar-refractivity contribution is 0.0406. The number of ketones is 1. The Hall–Kier alpha value is -2.31. The second kappa shape index (κ2) is 10.6. The largest absolute Gasteiger partial charge is 0.466 e. The molecule has 3 aliphatic rings. The fourth-order valence-electron chi connectivity index (χ4n) is 6.14. The molecule has 2 fully saturated rings.